The van der Waals surface area contributed by atoms with Crippen LogP contribution < -0.4 is 10.6 Å². The van der Waals surface area contributed by atoms with Gasteiger partial charge in [-0.05, 0) is 33.6 Å². The maximum Gasteiger partial charge on any atom is 0.240 e. The molecule has 0 saturated heterocycles. The van der Waals surface area contributed by atoms with Crippen molar-refractivity contribution in [2.45, 2.75) is 58.0 Å². The summed E-state index contributed by atoms with van der Waals surface area (Å²) in [4.78, 5) is 11.9. The summed E-state index contributed by atoms with van der Waals surface area (Å²) in [6.45, 7) is 6.88. The summed E-state index contributed by atoms with van der Waals surface area (Å²) in [5.74, 6) is 0.186. The van der Waals surface area contributed by atoms with Gasteiger partial charge in [0.05, 0.1) is 5.54 Å². The smallest absolute Gasteiger partial charge is 0.240 e. The molecular formula is C11H26N2O. The van der Waals surface area contributed by atoms with Crippen molar-refractivity contribution >= 4 is 5.91 Å². The van der Waals surface area contributed by atoms with E-state index in [0.717, 1.165) is 32.2 Å². The van der Waals surface area contributed by atoms with Gasteiger partial charge in [0.15, 0.2) is 0 Å². The maximum absolute atomic E-state index is 11.9. The zero-order chi connectivity index (χ0) is 10.6. The molecule has 1 rings (SSSR count). The molecule has 14 heavy (non-hydrogen) atoms. The third-order valence-corrected chi connectivity index (χ3v) is 2.79. The topological polar surface area (TPSA) is 41.1 Å². The monoisotopic (exact) mass is 202 g/mol. The highest BCUT2D eigenvalue weighted by Gasteiger charge is 2.40. The van der Waals surface area contributed by atoms with Crippen LogP contribution in [0.5, 0.6) is 0 Å². The molecule has 0 radical (unpaired) electrons. The van der Waals surface area contributed by atoms with E-state index in [-0.39, 0.29) is 14.3 Å². The Morgan fingerprint density at radius 3 is 2.43 bits per heavy atom. The average Bonchev–Trinajstić information content (AvgIpc) is 2.53. The van der Waals surface area contributed by atoms with Crippen LogP contribution in [-0.4, -0.2) is 24.0 Å². The summed E-state index contributed by atoms with van der Waals surface area (Å²) < 4.78 is 0. The highest BCUT2D eigenvalue weighted by atomic mass is 16.2. The zero-order valence-electron chi connectivity index (χ0n) is 9.52. The van der Waals surface area contributed by atoms with Crippen LogP contribution >= 0.6 is 0 Å². The molecule has 3 heteroatoms. The fraction of sp³-hybridized carbons (Fsp3) is 0.909. The van der Waals surface area contributed by atoms with Crippen LogP contribution in [0.4, 0.5) is 0 Å². The van der Waals surface area contributed by atoms with Crippen LogP contribution in [0.2, 0.25) is 0 Å². The Labute approximate surface area is 89.6 Å². The van der Waals surface area contributed by atoms with Gasteiger partial charge in [-0.15, -0.1) is 0 Å². The minimum absolute atomic E-state index is 0. The van der Waals surface area contributed by atoms with E-state index in [9.17, 15) is 4.79 Å². The third-order valence-electron chi connectivity index (χ3n) is 2.79. The number of carbonyl (C=O) groups is 1. The standard InChI is InChI=1S/C11H22N2O.2H2/c1-4-12-10(14)11(13-9(2)3)7-5-6-8-11;;/h9,13H,4-8H2,1-3H3,(H,12,14);2*1H. The summed E-state index contributed by atoms with van der Waals surface area (Å²) in [7, 11) is 0. The van der Waals surface area contributed by atoms with Crippen LogP contribution in [0.15, 0.2) is 0 Å². The second kappa shape index (κ2) is 4.78. The Morgan fingerprint density at radius 1 is 1.43 bits per heavy atom. The van der Waals surface area contributed by atoms with Gasteiger partial charge in [-0.1, -0.05) is 12.8 Å². The van der Waals surface area contributed by atoms with E-state index in [4.69, 9.17) is 0 Å². The Kier molecular flexibility index (Phi) is 3.93. The number of carbonyl (C=O) groups excluding carboxylic acids is 1. The van der Waals surface area contributed by atoms with Gasteiger partial charge in [-0.3, -0.25) is 4.79 Å². The van der Waals surface area contributed by atoms with Crippen LogP contribution in [0.3, 0.4) is 0 Å². The first kappa shape index (κ1) is 11.5. The van der Waals surface area contributed by atoms with Crippen LogP contribution in [-0.2, 0) is 4.79 Å². The van der Waals surface area contributed by atoms with Gasteiger partial charge in [0.1, 0.15) is 0 Å². The van der Waals surface area contributed by atoms with Crippen molar-refractivity contribution in [3.63, 3.8) is 0 Å². The highest BCUT2D eigenvalue weighted by molar-refractivity contribution is 5.86. The van der Waals surface area contributed by atoms with E-state index in [0.29, 0.717) is 6.04 Å². The molecule has 1 aliphatic rings. The van der Waals surface area contributed by atoms with Crippen LogP contribution in [0.1, 0.15) is 49.3 Å². The summed E-state index contributed by atoms with van der Waals surface area (Å²) in [6, 6.07) is 0.371. The lowest BCUT2D eigenvalue weighted by molar-refractivity contribution is -0.127. The van der Waals surface area contributed by atoms with E-state index in [2.05, 4.69) is 24.5 Å². The van der Waals surface area contributed by atoms with E-state index in [1.54, 1.807) is 0 Å². The number of nitrogens with one attached hydrogen (secondary N) is 2. The highest BCUT2D eigenvalue weighted by Crippen LogP contribution is 2.30. The number of rotatable bonds is 4. The van der Waals surface area contributed by atoms with Gasteiger partial charge in [-0.25, -0.2) is 0 Å². The largest absolute Gasteiger partial charge is 0.355 e. The molecular weight excluding hydrogens is 176 g/mol. The number of hydrogen-bond acceptors (Lipinski definition) is 2. The predicted octanol–water partition coefficient (Wildman–Crippen LogP) is 1.93. The van der Waals surface area contributed by atoms with Crippen molar-refractivity contribution in [1.29, 1.82) is 0 Å². The molecule has 0 aromatic rings. The lowest BCUT2D eigenvalue weighted by Gasteiger charge is -2.31. The normalized spacial score (nSPS) is 20.0. The summed E-state index contributed by atoms with van der Waals surface area (Å²) in [5, 5.41) is 6.36. The van der Waals surface area contributed by atoms with E-state index in [1.165, 1.54) is 0 Å². The fourth-order valence-corrected chi connectivity index (χ4v) is 2.30. The van der Waals surface area contributed by atoms with Crippen molar-refractivity contribution in [2.24, 2.45) is 0 Å². The Morgan fingerprint density at radius 2 is 2.00 bits per heavy atom. The molecule has 0 atom stereocenters. The van der Waals surface area contributed by atoms with Gasteiger partial charge in [0.2, 0.25) is 5.91 Å². The molecule has 3 nitrogen and oxygen atoms in total. The lowest BCUT2D eigenvalue weighted by atomic mass is 9.95. The van der Waals surface area contributed by atoms with Gasteiger partial charge < -0.3 is 10.6 Å². The molecule has 0 bridgehead atoms. The van der Waals surface area contributed by atoms with Gasteiger partial charge in [-0.2, -0.15) is 0 Å². The zero-order valence-corrected chi connectivity index (χ0v) is 9.52. The second-order valence-electron chi connectivity index (χ2n) is 4.45. The molecule has 0 heterocycles. The maximum atomic E-state index is 11.9. The second-order valence-corrected chi connectivity index (χ2v) is 4.45. The molecule has 0 unspecified atom stereocenters. The molecule has 0 aromatic heterocycles. The molecule has 1 fully saturated rings. The molecule has 86 valence electrons. The van der Waals surface area contributed by atoms with E-state index >= 15 is 0 Å². The number of amides is 1. The quantitative estimate of drug-likeness (QED) is 0.731. The Hall–Kier alpha value is -0.570. The number of hydrogen-bond donors (Lipinski definition) is 2. The average molecular weight is 202 g/mol. The number of likely N-dealkylation sites (N-methyl/N-ethyl adjacent to an activating group) is 1. The third kappa shape index (κ3) is 2.47. The van der Waals surface area contributed by atoms with Gasteiger partial charge in [0, 0.05) is 15.4 Å². The Balaban J connectivity index is 0. The molecule has 1 aliphatic carbocycles. The van der Waals surface area contributed by atoms with Crippen molar-refractivity contribution in [3.8, 4) is 0 Å². The van der Waals surface area contributed by atoms with E-state index < -0.39 is 0 Å². The molecule has 2 N–H and O–H groups in total. The van der Waals surface area contributed by atoms with Gasteiger partial charge in [0.25, 0.3) is 0 Å². The van der Waals surface area contributed by atoms with Crippen molar-refractivity contribution in [3.05, 3.63) is 0 Å². The van der Waals surface area contributed by atoms with E-state index in [1.807, 2.05) is 6.92 Å². The predicted molar refractivity (Wildman–Crippen MR) is 62.4 cm³/mol. The van der Waals surface area contributed by atoms with Crippen molar-refractivity contribution < 1.29 is 7.65 Å². The minimum atomic E-state index is -0.274. The first-order chi connectivity index (χ1) is 6.60. The molecule has 0 aromatic carbocycles. The first-order valence-corrected chi connectivity index (χ1v) is 5.67. The van der Waals surface area contributed by atoms with Crippen molar-refractivity contribution in [2.75, 3.05) is 6.54 Å². The SMILES string of the molecule is CCNC(=O)C1(NC(C)C)CCCC1.[HH].[HH]. The Bertz CT molecular complexity index is 204. The summed E-state index contributed by atoms with van der Waals surface area (Å²) in [6.07, 6.45) is 4.29. The molecule has 1 amide bonds. The first-order valence-electron chi connectivity index (χ1n) is 5.67. The fourth-order valence-electron chi connectivity index (χ4n) is 2.30. The minimum Gasteiger partial charge on any atom is -0.355 e. The van der Waals surface area contributed by atoms with Gasteiger partial charge >= 0.3 is 0 Å². The summed E-state index contributed by atoms with van der Waals surface area (Å²) >= 11 is 0. The molecule has 0 spiro atoms. The van der Waals surface area contributed by atoms with Crippen LogP contribution in [0.25, 0.3) is 0 Å². The van der Waals surface area contributed by atoms with Crippen molar-refractivity contribution in [1.82, 2.24) is 10.6 Å². The summed E-state index contributed by atoms with van der Waals surface area (Å²) in [5.41, 5.74) is -0.274. The lowest BCUT2D eigenvalue weighted by Crippen LogP contribution is -2.57. The van der Waals surface area contributed by atoms with Crippen LogP contribution in [0, 0.1) is 0 Å². The molecule has 1 saturated carbocycles. The molecule has 0 aliphatic heterocycles.